The minimum absolute atomic E-state index is 0.145. The molecule has 0 atom stereocenters. The lowest BCUT2D eigenvalue weighted by atomic mass is 10.1. The fourth-order valence-electron chi connectivity index (χ4n) is 2.63. The van der Waals surface area contributed by atoms with E-state index in [0.717, 1.165) is 0 Å². The summed E-state index contributed by atoms with van der Waals surface area (Å²) in [6.07, 6.45) is 0. The number of carbonyl (C=O) groups excluding carboxylic acids is 3. The van der Waals surface area contributed by atoms with Crippen molar-refractivity contribution in [3.05, 3.63) is 48.0 Å². The van der Waals surface area contributed by atoms with Crippen molar-refractivity contribution >= 4 is 23.4 Å². The smallest absolute Gasteiger partial charge is 0.251 e. The average molecular weight is 415 g/mol. The highest BCUT2D eigenvalue weighted by Crippen LogP contribution is 2.38. The molecule has 0 radical (unpaired) electrons. The Kier molecular flexibility index (Phi) is 8.04. The molecule has 0 aliphatic carbocycles. The number of nitrogens with zero attached hydrogens (tertiary/aromatic N) is 1. The maximum atomic E-state index is 12.5. The molecule has 0 aliphatic heterocycles. The third kappa shape index (κ3) is 5.87. The summed E-state index contributed by atoms with van der Waals surface area (Å²) in [5.41, 5.74) is 0.876. The highest BCUT2D eigenvalue weighted by molar-refractivity contribution is 5.98. The third-order valence-electron chi connectivity index (χ3n) is 4.19. The number of carbonyl (C=O) groups is 3. The molecule has 2 rings (SSSR count). The summed E-state index contributed by atoms with van der Waals surface area (Å²) in [5, 5.41) is 5.22. The number of ether oxygens (including phenoxy) is 3. The standard InChI is InChI=1S/C21H25N3O6/c1-24(13-18(25)23-15-8-6-5-7-9-15)19(26)12-22-21(27)14-10-16(28-2)20(30-4)17(11-14)29-3/h5-11H,12-13H2,1-4H3,(H,22,27)(H,23,25). The number of benzene rings is 2. The van der Waals surface area contributed by atoms with Gasteiger partial charge in [0.25, 0.3) is 5.91 Å². The Hall–Kier alpha value is -3.75. The number of anilines is 1. The lowest BCUT2D eigenvalue weighted by molar-refractivity contribution is -0.132. The van der Waals surface area contributed by atoms with Crippen LogP contribution in [0.15, 0.2) is 42.5 Å². The molecule has 2 N–H and O–H groups in total. The first-order valence-electron chi connectivity index (χ1n) is 9.06. The summed E-state index contributed by atoms with van der Waals surface area (Å²) < 4.78 is 15.7. The van der Waals surface area contributed by atoms with E-state index < -0.39 is 11.8 Å². The topological polar surface area (TPSA) is 106 Å². The summed E-state index contributed by atoms with van der Waals surface area (Å²) in [6.45, 7) is -0.418. The third-order valence-corrected chi connectivity index (χ3v) is 4.19. The van der Waals surface area contributed by atoms with Crippen LogP contribution in [0, 0.1) is 0 Å². The van der Waals surface area contributed by atoms with E-state index in [9.17, 15) is 14.4 Å². The zero-order chi connectivity index (χ0) is 22.1. The van der Waals surface area contributed by atoms with E-state index in [1.165, 1.54) is 45.4 Å². The number of amides is 3. The number of hydrogen-bond acceptors (Lipinski definition) is 6. The molecule has 0 spiro atoms. The van der Waals surface area contributed by atoms with Gasteiger partial charge in [0.15, 0.2) is 11.5 Å². The Morgan fingerprint density at radius 2 is 1.53 bits per heavy atom. The second kappa shape index (κ2) is 10.7. The van der Waals surface area contributed by atoms with Gasteiger partial charge in [-0.2, -0.15) is 0 Å². The molecule has 2 aromatic rings. The number of rotatable bonds is 9. The molecule has 0 bridgehead atoms. The SMILES string of the molecule is COc1cc(C(=O)NCC(=O)N(C)CC(=O)Nc2ccccc2)cc(OC)c1OC. The van der Waals surface area contributed by atoms with Crippen LogP contribution in [0.2, 0.25) is 0 Å². The largest absolute Gasteiger partial charge is 0.493 e. The summed E-state index contributed by atoms with van der Waals surface area (Å²) in [4.78, 5) is 38.0. The van der Waals surface area contributed by atoms with Gasteiger partial charge in [-0.15, -0.1) is 0 Å². The Balaban J connectivity index is 1.93. The highest BCUT2D eigenvalue weighted by Gasteiger charge is 2.19. The van der Waals surface area contributed by atoms with Crippen LogP contribution in [0.5, 0.6) is 17.2 Å². The number of nitrogens with one attached hydrogen (secondary N) is 2. The van der Waals surface area contributed by atoms with E-state index >= 15 is 0 Å². The van der Waals surface area contributed by atoms with Crippen LogP contribution >= 0.6 is 0 Å². The van der Waals surface area contributed by atoms with E-state index in [1.807, 2.05) is 6.07 Å². The van der Waals surface area contributed by atoms with Crippen molar-refractivity contribution < 1.29 is 28.6 Å². The lowest BCUT2D eigenvalue weighted by Gasteiger charge is -2.17. The predicted octanol–water partition coefficient (Wildman–Crippen LogP) is 1.54. The second-order valence-electron chi connectivity index (χ2n) is 6.26. The van der Waals surface area contributed by atoms with Crippen LogP contribution in [0.25, 0.3) is 0 Å². The Morgan fingerprint density at radius 1 is 0.933 bits per heavy atom. The van der Waals surface area contributed by atoms with E-state index in [4.69, 9.17) is 14.2 Å². The number of hydrogen-bond donors (Lipinski definition) is 2. The monoisotopic (exact) mass is 415 g/mol. The maximum absolute atomic E-state index is 12.5. The molecule has 0 aromatic heterocycles. The molecule has 0 unspecified atom stereocenters. The fourth-order valence-corrected chi connectivity index (χ4v) is 2.63. The zero-order valence-electron chi connectivity index (χ0n) is 17.4. The predicted molar refractivity (Wildman–Crippen MR) is 111 cm³/mol. The highest BCUT2D eigenvalue weighted by atomic mass is 16.5. The van der Waals surface area contributed by atoms with Gasteiger partial charge in [0, 0.05) is 18.3 Å². The fraction of sp³-hybridized carbons (Fsp3) is 0.286. The van der Waals surface area contributed by atoms with Crippen molar-refractivity contribution in [1.82, 2.24) is 10.2 Å². The van der Waals surface area contributed by atoms with Gasteiger partial charge in [0.05, 0.1) is 34.4 Å². The van der Waals surface area contributed by atoms with Crippen LogP contribution in [0.1, 0.15) is 10.4 Å². The molecule has 9 heteroatoms. The first kappa shape index (κ1) is 22.5. The number of para-hydroxylation sites is 1. The van der Waals surface area contributed by atoms with Crippen molar-refractivity contribution in [2.75, 3.05) is 46.8 Å². The Bertz CT molecular complexity index is 876. The molecule has 0 heterocycles. The van der Waals surface area contributed by atoms with Crippen molar-refractivity contribution in [2.45, 2.75) is 0 Å². The van der Waals surface area contributed by atoms with Crippen molar-refractivity contribution in [3.63, 3.8) is 0 Å². The summed E-state index contributed by atoms with van der Waals surface area (Å²) in [5.74, 6) is -0.250. The molecule has 2 aromatic carbocycles. The quantitative estimate of drug-likeness (QED) is 0.644. The van der Waals surface area contributed by atoms with Crippen LogP contribution < -0.4 is 24.8 Å². The van der Waals surface area contributed by atoms with Gasteiger partial charge in [-0.1, -0.05) is 18.2 Å². The molecule has 0 saturated carbocycles. The number of likely N-dealkylation sites (N-methyl/N-ethyl adjacent to an activating group) is 1. The van der Waals surface area contributed by atoms with Crippen LogP contribution in [0.3, 0.4) is 0 Å². The van der Waals surface area contributed by atoms with Gasteiger partial charge in [0.1, 0.15) is 0 Å². The summed E-state index contributed by atoms with van der Waals surface area (Å²) in [6, 6.07) is 11.9. The first-order chi connectivity index (χ1) is 14.4. The van der Waals surface area contributed by atoms with Crippen molar-refractivity contribution in [3.8, 4) is 17.2 Å². The molecule has 9 nitrogen and oxygen atoms in total. The lowest BCUT2D eigenvalue weighted by Crippen LogP contribution is -2.41. The molecule has 0 fully saturated rings. The van der Waals surface area contributed by atoms with E-state index in [-0.39, 0.29) is 24.6 Å². The average Bonchev–Trinajstić information content (AvgIpc) is 2.76. The van der Waals surface area contributed by atoms with Crippen LogP contribution in [0.4, 0.5) is 5.69 Å². The van der Waals surface area contributed by atoms with Crippen molar-refractivity contribution in [1.29, 1.82) is 0 Å². The molecule has 160 valence electrons. The minimum Gasteiger partial charge on any atom is -0.493 e. The number of methoxy groups -OCH3 is 3. The van der Waals surface area contributed by atoms with Gasteiger partial charge in [-0.3, -0.25) is 14.4 Å². The molecule has 3 amide bonds. The maximum Gasteiger partial charge on any atom is 0.251 e. The van der Waals surface area contributed by atoms with Crippen LogP contribution in [-0.2, 0) is 9.59 Å². The molecular formula is C21H25N3O6. The molecule has 0 aliphatic rings. The molecule has 0 saturated heterocycles. The van der Waals surface area contributed by atoms with Gasteiger partial charge in [-0.05, 0) is 24.3 Å². The zero-order valence-corrected chi connectivity index (χ0v) is 17.4. The Labute approximate surface area is 174 Å². The van der Waals surface area contributed by atoms with Gasteiger partial charge >= 0.3 is 0 Å². The van der Waals surface area contributed by atoms with E-state index in [0.29, 0.717) is 22.9 Å². The normalized spacial score (nSPS) is 10.0. The van der Waals surface area contributed by atoms with Gasteiger partial charge in [0.2, 0.25) is 17.6 Å². The molecular weight excluding hydrogens is 390 g/mol. The first-order valence-corrected chi connectivity index (χ1v) is 9.06. The van der Waals surface area contributed by atoms with Gasteiger partial charge in [-0.25, -0.2) is 0 Å². The Morgan fingerprint density at radius 3 is 2.07 bits per heavy atom. The molecule has 30 heavy (non-hydrogen) atoms. The van der Waals surface area contributed by atoms with E-state index in [2.05, 4.69) is 10.6 Å². The summed E-state index contributed by atoms with van der Waals surface area (Å²) >= 11 is 0. The van der Waals surface area contributed by atoms with E-state index in [1.54, 1.807) is 24.3 Å². The van der Waals surface area contributed by atoms with Crippen LogP contribution in [-0.4, -0.2) is 64.1 Å². The van der Waals surface area contributed by atoms with Crippen molar-refractivity contribution in [2.24, 2.45) is 0 Å². The van der Waals surface area contributed by atoms with Gasteiger partial charge < -0.3 is 29.7 Å². The second-order valence-corrected chi connectivity index (χ2v) is 6.26. The minimum atomic E-state index is -0.496. The summed E-state index contributed by atoms with van der Waals surface area (Å²) in [7, 11) is 5.83.